The number of rotatable bonds is 3. The fourth-order valence-electron chi connectivity index (χ4n) is 4.68. The molecule has 1 aliphatic carbocycles. The highest BCUT2D eigenvalue weighted by Crippen LogP contribution is 2.47. The van der Waals surface area contributed by atoms with Gasteiger partial charge in [-0.1, -0.05) is 34.6 Å². The second-order valence-corrected chi connectivity index (χ2v) is 8.78. The van der Waals surface area contributed by atoms with Crippen LogP contribution in [0.5, 0.6) is 0 Å². The molecule has 0 spiro atoms. The Kier molecular flexibility index (Phi) is 3.85. The number of nitrogens with zero attached hydrogens (tertiary/aromatic N) is 2. The highest BCUT2D eigenvalue weighted by molar-refractivity contribution is 5.99. The van der Waals surface area contributed by atoms with Gasteiger partial charge in [0.1, 0.15) is 0 Å². The lowest BCUT2D eigenvalue weighted by molar-refractivity contribution is -0.135. The first kappa shape index (κ1) is 16.2. The van der Waals surface area contributed by atoms with Crippen LogP contribution >= 0.6 is 0 Å². The third-order valence-corrected chi connectivity index (χ3v) is 5.00. The molecule has 1 saturated carbocycles. The summed E-state index contributed by atoms with van der Waals surface area (Å²) in [5.74, 6) is 0.0899. The van der Waals surface area contributed by atoms with Crippen molar-refractivity contribution in [1.29, 1.82) is 0 Å². The van der Waals surface area contributed by atoms with Crippen LogP contribution < -0.4 is 10.9 Å². The molecule has 1 amide bonds. The molecule has 0 atom stereocenters. The summed E-state index contributed by atoms with van der Waals surface area (Å²) < 4.78 is 0. The number of hydrazine groups is 2. The van der Waals surface area contributed by atoms with Crippen LogP contribution in [-0.2, 0) is 4.79 Å². The van der Waals surface area contributed by atoms with Crippen molar-refractivity contribution in [2.75, 3.05) is 6.54 Å². The van der Waals surface area contributed by atoms with Gasteiger partial charge in [0.25, 0.3) is 5.91 Å². The maximum Gasteiger partial charge on any atom is 0.276 e. The van der Waals surface area contributed by atoms with Gasteiger partial charge in [-0.3, -0.25) is 15.2 Å². The van der Waals surface area contributed by atoms with Crippen LogP contribution in [0.25, 0.3) is 0 Å². The van der Waals surface area contributed by atoms with Gasteiger partial charge in [-0.15, -0.1) is 0 Å². The van der Waals surface area contributed by atoms with Gasteiger partial charge in [0.15, 0.2) is 0 Å². The maximum absolute atomic E-state index is 13.0. The molecule has 3 aliphatic rings. The van der Waals surface area contributed by atoms with Gasteiger partial charge in [0, 0.05) is 18.9 Å². The third-order valence-electron chi connectivity index (χ3n) is 5.00. The lowest BCUT2D eigenvalue weighted by atomic mass is 9.63. The van der Waals surface area contributed by atoms with Gasteiger partial charge < -0.3 is 5.43 Å². The predicted molar refractivity (Wildman–Crippen MR) is 91.5 cm³/mol. The minimum Gasteiger partial charge on any atom is -0.301 e. The van der Waals surface area contributed by atoms with Gasteiger partial charge in [-0.05, 0) is 36.5 Å². The molecule has 0 radical (unpaired) electrons. The highest BCUT2D eigenvalue weighted by Gasteiger charge is 2.44. The molecule has 0 bridgehead atoms. The topological polar surface area (TPSA) is 47.6 Å². The fourth-order valence-corrected chi connectivity index (χ4v) is 4.68. The summed E-state index contributed by atoms with van der Waals surface area (Å²) in [6.07, 6.45) is 8.20. The van der Waals surface area contributed by atoms with E-state index in [9.17, 15) is 4.79 Å². The Morgan fingerprint density at radius 2 is 1.87 bits per heavy atom. The molecule has 128 valence electrons. The number of carbonyl (C=O) groups is 1. The van der Waals surface area contributed by atoms with E-state index in [1.54, 1.807) is 0 Å². The molecule has 3 rings (SSSR count). The number of amides is 1. The summed E-state index contributed by atoms with van der Waals surface area (Å²) in [6.45, 7) is 12.3. The van der Waals surface area contributed by atoms with Crippen molar-refractivity contribution in [3.8, 4) is 0 Å². The van der Waals surface area contributed by atoms with E-state index in [0.717, 1.165) is 37.1 Å². The van der Waals surface area contributed by atoms with Crippen LogP contribution in [0, 0.1) is 10.8 Å². The van der Waals surface area contributed by atoms with E-state index < -0.39 is 0 Å². The average Bonchev–Trinajstić information content (AvgIpc) is 2.79. The molecule has 5 nitrogen and oxygen atoms in total. The van der Waals surface area contributed by atoms with E-state index in [1.807, 2.05) is 22.4 Å². The minimum absolute atomic E-state index is 0.0899. The standard InChI is InChI=1S/C18H30N4O/c1-6-7-21-11-14-15(20-21)10-19-22(16(14)23)13-8-17(2,3)12-18(4,5)9-13/h10-11,13,19-20H,6-9,12H2,1-5H3. The van der Waals surface area contributed by atoms with E-state index in [0.29, 0.717) is 0 Å². The van der Waals surface area contributed by atoms with Gasteiger partial charge in [-0.25, -0.2) is 5.01 Å². The summed E-state index contributed by atoms with van der Waals surface area (Å²) in [6, 6.07) is 0.236. The van der Waals surface area contributed by atoms with Crippen LogP contribution in [0.1, 0.15) is 60.3 Å². The van der Waals surface area contributed by atoms with Crippen molar-refractivity contribution >= 4 is 5.91 Å². The fraction of sp³-hybridized carbons (Fsp3) is 0.722. The molecule has 0 aromatic rings. The van der Waals surface area contributed by atoms with Crippen molar-refractivity contribution in [1.82, 2.24) is 20.9 Å². The van der Waals surface area contributed by atoms with Crippen molar-refractivity contribution in [2.45, 2.75) is 66.3 Å². The number of fused-ring (bicyclic) bond motifs is 1. The zero-order valence-corrected chi connectivity index (χ0v) is 15.1. The first-order valence-corrected chi connectivity index (χ1v) is 8.76. The molecule has 0 aromatic carbocycles. The third kappa shape index (κ3) is 3.19. The second-order valence-electron chi connectivity index (χ2n) is 8.78. The van der Waals surface area contributed by atoms with Crippen molar-refractivity contribution in [3.63, 3.8) is 0 Å². The largest absolute Gasteiger partial charge is 0.301 e. The first-order chi connectivity index (χ1) is 10.7. The molecular formula is C18H30N4O. The molecule has 2 aliphatic heterocycles. The summed E-state index contributed by atoms with van der Waals surface area (Å²) in [7, 11) is 0. The SMILES string of the molecule is CCCN1C=C2C(=O)N(C3CC(C)(C)CC(C)(C)C3)NC=C2N1. The lowest BCUT2D eigenvalue weighted by Gasteiger charge is -2.48. The smallest absolute Gasteiger partial charge is 0.276 e. The van der Waals surface area contributed by atoms with Gasteiger partial charge in [0.05, 0.1) is 17.3 Å². The van der Waals surface area contributed by atoms with Crippen molar-refractivity contribution in [3.05, 3.63) is 23.7 Å². The number of hydrogen-bond donors (Lipinski definition) is 2. The molecule has 0 saturated heterocycles. The Balaban J connectivity index is 1.80. The van der Waals surface area contributed by atoms with Crippen LogP contribution in [0.3, 0.4) is 0 Å². The summed E-state index contributed by atoms with van der Waals surface area (Å²) >= 11 is 0. The zero-order valence-electron chi connectivity index (χ0n) is 15.1. The van der Waals surface area contributed by atoms with Crippen molar-refractivity contribution < 1.29 is 4.79 Å². The van der Waals surface area contributed by atoms with Gasteiger partial charge in [-0.2, -0.15) is 0 Å². The number of hydrogen-bond acceptors (Lipinski definition) is 4. The Hall–Kier alpha value is -1.65. The van der Waals surface area contributed by atoms with E-state index >= 15 is 0 Å². The lowest BCUT2D eigenvalue weighted by Crippen LogP contribution is -2.55. The second kappa shape index (κ2) is 5.46. The monoisotopic (exact) mass is 318 g/mol. The van der Waals surface area contributed by atoms with Gasteiger partial charge in [0.2, 0.25) is 0 Å². The van der Waals surface area contributed by atoms with E-state index in [2.05, 4.69) is 45.5 Å². The van der Waals surface area contributed by atoms with Crippen LogP contribution in [0.2, 0.25) is 0 Å². The molecule has 0 unspecified atom stereocenters. The summed E-state index contributed by atoms with van der Waals surface area (Å²) in [5.41, 5.74) is 8.69. The number of nitrogens with one attached hydrogen (secondary N) is 2. The number of carbonyl (C=O) groups excluding carboxylic acids is 1. The Labute approximate surface area is 139 Å². The van der Waals surface area contributed by atoms with E-state index in [-0.39, 0.29) is 22.8 Å². The normalized spacial score (nSPS) is 26.2. The molecule has 2 heterocycles. The highest BCUT2D eigenvalue weighted by atomic mass is 16.2. The van der Waals surface area contributed by atoms with Crippen molar-refractivity contribution in [2.24, 2.45) is 10.8 Å². The molecule has 1 fully saturated rings. The molecular weight excluding hydrogens is 288 g/mol. The summed E-state index contributed by atoms with van der Waals surface area (Å²) in [4.78, 5) is 13.0. The van der Waals surface area contributed by atoms with Gasteiger partial charge >= 0.3 is 0 Å². The molecule has 23 heavy (non-hydrogen) atoms. The average molecular weight is 318 g/mol. The molecule has 0 aromatic heterocycles. The predicted octanol–water partition coefficient (Wildman–Crippen LogP) is 2.89. The summed E-state index contributed by atoms with van der Waals surface area (Å²) in [5, 5.41) is 3.86. The first-order valence-electron chi connectivity index (χ1n) is 8.76. The molecule has 5 heteroatoms. The van der Waals surface area contributed by atoms with Crippen LogP contribution in [0.4, 0.5) is 0 Å². The maximum atomic E-state index is 13.0. The quantitative estimate of drug-likeness (QED) is 0.840. The van der Waals surface area contributed by atoms with Crippen LogP contribution in [0.15, 0.2) is 23.7 Å². The zero-order chi connectivity index (χ0) is 16.8. The Morgan fingerprint density at radius 3 is 2.48 bits per heavy atom. The molecule has 2 N–H and O–H groups in total. The Bertz CT molecular complexity index is 545. The minimum atomic E-state index is 0.0899. The van der Waals surface area contributed by atoms with E-state index in [4.69, 9.17) is 0 Å². The van der Waals surface area contributed by atoms with E-state index in [1.165, 1.54) is 6.42 Å². The Morgan fingerprint density at radius 1 is 1.22 bits per heavy atom. The van der Waals surface area contributed by atoms with Crippen LogP contribution in [-0.4, -0.2) is 28.5 Å².